The summed E-state index contributed by atoms with van der Waals surface area (Å²) in [6.45, 7) is 4.78. The molecule has 96 valence electrons. The zero-order valence-corrected chi connectivity index (χ0v) is 10.7. The first-order valence-corrected chi connectivity index (χ1v) is 6.25. The smallest absolute Gasteiger partial charge is 0.128 e. The summed E-state index contributed by atoms with van der Waals surface area (Å²) >= 11 is 0. The second-order valence-corrected chi connectivity index (χ2v) is 4.43. The number of hydrogen-bond donors (Lipinski definition) is 1. The molecule has 3 heteroatoms. The first-order valence-electron chi connectivity index (χ1n) is 6.25. The predicted molar refractivity (Wildman–Crippen MR) is 70.0 cm³/mol. The Morgan fingerprint density at radius 1 is 1.33 bits per heavy atom. The molecule has 0 spiro atoms. The van der Waals surface area contributed by atoms with Gasteiger partial charge in [0.05, 0.1) is 12.3 Å². The standard InChI is InChI=1S/C15H18FNO/c1-3-8-17-15(14-5-4-9-18-14)12-7-6-11(2)10-13(12)16/h4-7,9-10,15,17H,3,8H2,1-2H3. The molecule has 0 saturated carbocycles. The normalized spacial score (nSPS) is 12.6. The van der Waals surface area contributed by atoms with E-state index >= 15 is 0 Å². The molecule has 2 aromatic rings. The molecular weight excluding hydrogens is 229 g/mol. The minimum Gasteiger partial charge on any atom is -0.467 e. The molecule has 2 nitrogen and oxygen atoms in total. The van der Waals surface area contributed by atoms with E-state index in [0.717, 1.165) is 24.3 Å². The molecule has 1 heterocycles. The maximum absolute atomic E-state index is 14.0. The van der Waals surface area contributed by atoms with Crippen molar-refractivity contribution in [2.75, 3.05) is 6.54 Å². The van der Waals surface area contributed by atoms with E-state index in [-0.39, 0.29) is 11.9 Å². The van der Waals surface area contributed by atoms with Gasteiger partial charge in [-0.3, -0.25) is 0 Å². The molecular formula is C15H18FNO. The monoisotopic (exact) mass is 247 g/mol. The first kappa shape index (κ1) is 12.8. The van der Waals surface area contributed by atoms with Crippen LogP contribution in [0.1, 0.15) is 36.3 Å². The summed E-state index contributed by atoms with van der Waals surface area (Å²) in [5.41, 5.74) is 1.55. The Balaban J connectivity index is 2.33. The average molecular weight is 247 g/mol. The van der Waals surface area contributed by atoms with Crippen LogP contribution in [0, 0.1) is 12.7 Å². The van der Waals surface area contributed by atoms with Gasteiger partial charge in [0.2, 0.25) is 0 Å². The van der Waals surface area contributed by atoms with Crippen molar-refractivity contribution in [3.05, 3.63) is 59.3 Å². The maximum Gasteiger partial charge on any atom is 0.128 e. The van der Waals surface area contributed by atoms with Crippen LogP contribution in [0.4, 0.5) is 4.39 Å². The van der Waals surface area contributed by atoms with Crippen LogP contribution in [-0.2, 0) is 0 Å². The molecule has 0 saturated heterocycles. The van der Waals surface area contributed by atoms with E-state index in [2.05, 4.69) is 12.2 Å². The van der Waals surface area contributed by atoms with Crippen molar-refractivity contribution in [2.45, 2.75) is 26.3 Å². The Morgan fingerprint density at radius 3 is 2.78 bits per heavy atom. The SMILES string of the molecule is CCCNC(c1ccco1)c1ccc(C)cc1F. The highest BCUT2D eigenvalue weighted by Gasteiger charge is 2.19. The Kier molecular flexibility index (Phi) is 4.15. The van der Waals surface area contributed by atoms with E-state index in [4.69, 9.17) is 4.42 Å². The van der Waals surface area contributed by atoms with Crippen LogP contribution in [0.3, 0.4) is 0 Å². The summed E-state index contributed by atoms with van der Waals surface area (Å²) in [4.78, 5) is 0. The van der Waals surface area contributed by atoms with Crippen LogP contribution in [0.2, 0.25) is 0 Å². The van der Waals surface area contributed by atoms with Crippen molar-refractivity contribution < 1.29 is 8.81 Å². The Morgan fingerprint density at radius 2 is 2.17 bits per heavy atom. The molecule has 1 atom stereocenters. The van der Waals surface area contributed by atoms with Gasteiger partial charge in [0, 0.05) is 5.56 Å². The number of nitrogens with one attached hydrogen (secondary N) is 1. The Labute approximate surface area is 107 Å². The zero-order chi connectivity index (χ0) is 13.0. The molecule has 1 N–H and O–H groups in total. The lowest BCUT2D eigenvalue weighted by atomic mass is 10.0. The van der Waals surface area contributed by atoms with Crippen molar-refractivity contribution in [3.63, 3.8) is 0 Å². The molecule has 0 aliphatic carbocycles. The van der Waals surface area contributed by atoms with Crippen molar-refractivity contribution >= 4 is 0 Å². The van der Waals surface area contributed by atoms with E-state index in [1.54, 1.807) is 12.3 Å². The molecule has 1 unspecified atom stereocenters. The zero-order valence-electron chi connectivity index (χ0n) is 10.7. The second-order valence-electron chi connectivity index (χ2n) is 4.43. The predicted octanol–water partition coefficient (Wildman–Crippen LogP) is 3.82. The lowest BCUT2D eigenvalue weighted by Crippen LogP contribution is -2.23. The summed E-state index contributed by atoms with van der Waals surface area (Å²) in [6, 6.07) is 8.76. The molecule has 0 radical (unpaired) electrons. The van der Waals surface area contributed by atoms with Crippen LogP contribution >= 0.6 is 0 Å². The average Bonchev–Trinajstić information content (AvgIpc) is 2.85. The van der Waals surface area contributed by atoms with Gasteiger partial charge in [0.25, 0.3) is 0 Å². The van der Waals surface area contributed by atoms with Gasteiger partial charge in [-0.1, -0.05) is 19.1 Å². The van der Waals surface area contributed by atoms with E-state index in [1.807, 2.05) is 31.2 Å². The topological polar surface area (TPSA) is 25.2 Å². The van der Waals surface area contributed by atoms with Gasteiger partial charge in [0.1, 0.15) is 11.6 Å². The van der Waals surface area contributed by atoms with Gasteiger partial charge in [-0.25, -0.2) is 4.39 Å². The van der Waals surface area contributed by atoms with Crippen LogP contribution in [-0.4, -0.2) is 6.54 Å². The maximum atomic E-state index is 14.0. The third-order valence-corrected chi connectivity index (χ3v) is 2.89. The minimum atomic E-state index is -0.222. The number of aryl methyl sites for hydroxylation is 1. The van der Waals surface area contributed by atoms with Crippen molar-refractivity contribution in [2.24, 2.45) is 0 Å². The lowest BCUT2D eigenvalue weighted by molar-refractivity contribution is 0.436. The highest BCUT2D eigenvalue weighted by Crippen LogP contribution is 2.25. The minimum absolute atomic E-state index is 0.194. The van der Waals surface area contributed by atoms with Crippen LogP contribution in [0.15, 0.2) is 41.0 Å². The number of furan rings is 1. The summed E-state index contributed by atoms with van der Waals surface area (Å²) in [5, 5.41) is 3.31. The van der Waals surface area contributed by atoms with Gasteiger partial charge in [-0.15, -0.1) is 0 Å². The van der Waals surface area contributed by atoms with Gasteiger partial charge in [-0.05, 0) is 43.7 Å². The van der Waals surface area contributed by atoms with Crippen molar-refractivity contribution in [1.29, 1.82) is 0 Å². The molecule has 0 aliphatic heterocycles. The van der Waals surface area contributed by atoms with Gasteiger partial charge < -0.3 is 9.73 Å². The molecule has 1 aromatic heterocycles. The van der Waals surface area contributed by atoms with Gasteiger partial charge in [-0.2, -0.15) is 0 Å². The summed E-state index contributed by atoms with van der Waals surface area (Å²) < 4.78 is 19.4. The van der Waals surface area contributed by atoms with Crippen LogP contribution < -0.4 is 5.32 Å². The van der Waals surface area contributed by atoms with Gasteiger partial charge >= 0.3 is 0 Å². The molecule has 1 aromatic carbocycles. The molecule has 18 heavy (non-hydrogen) atoms. The van der Waals surface area contributed by atoms with E-state index < -0.39 is 0 Å². The Bertz CT molecular complexity index is 493. The highest BCUT2D eigenvalue weighted by atomic mass is 19.1. The van der Waals surface area contributed by atoms with Crippen molar-refractivity contribution in [1.82, 2.24) is 5.32 Å². The molecule has 2 rings (SSSR count). The third kappa shape index (κ3) is 2.79. The van der Waals surface area contributed by atoms with E-state index in [9.17, 15) is 4.39 Å². The first-order chi connectivity index (χ1) is 8.72. The van der Waals surface area contributed by atoms with Crippen LogP contribution in [0.25, 0.3) is 0 Å². The highest BCUT2D eigenvalue weighted by molar-refractivity contribution is 5.30. The van der Waals surface area contributed by atoms with Crippen LogP contribution in [0.5, 0.6) is 0 Å². The van der Waals surface area contributed by atoms with E-state index in [1.165, 1.54) is 0 Å². The molecule has 0 amide bonds. The molecule has 0 bridgehead atoms. The third-order valence-electron chi connectivity index (χ3n) is 2.89. The lowest BCUT2D eigenvalue weighted by Gasteiger charge is -2.17. The fourth-order valence-electron chi connectivity index (χ4n) is 1.97. The molecule has 0 aliphatic rings. The fourth-order valence-corrected chi connectivity index (χ4v) is 1.97. The fraction of sp³-hybridized carbons (Fsp3) is 0.333. The number of benzene rings is 1. The summed E-state index contributed by atoms with van der Waals surface area (Å²) in [5.74, 6) is 0.547. The number of hydrogen-bond acceptors (Lipinski definition) is 2. The quantitative estimate of drug-likeness (QED) is 0.869. The Hall–Kier alpha value is -1.61. The summed E-state index contributed by atoms with van der Waals surface area (Å²) in [7, 11) is 0. The second kappa shape index (κ2) is 5.83. The summed E-state index contributed by atoms with van der Waals surface area (Å²) in [6.07, 6.45) is 2.60. The molecule has 0 fully saturated rings. The largest absolute Gasteiger partial charge is 0.467 e. The number of rotatable bonds is 5. The van der Waals surface area contributed by atoms with E-state index in [0.29, 0.717) is 5.56 Å². The number of halogens is 1. The van der Waals surface area contributed by atoms with Crippen molar-refractivity contribution in [3.8, 4) is 0 Å². The van der Waals surface area contributed by atoms with Gasteiger partial charge in [0.15, 0.2) is 0 Å².